The smallest absolute Gasteiger partial charge is 0.191 e. The molecule has 2 saturated heterocycles. The lowest BCUT2D eigenvalue weighted by atomic mass is 10.0. The fraction of sp³-hybridized carbons (Fsp3) is 0.538. The number of aromatic nitrogens is 1. The van der Waals surface area contributed by atoms with Gasteiger partial charge in [0.25, 0.3) is 0 Å². The second kappa shape index (κ2) is 13.6. The molecule has 0 amide bonds. The van der Waals surface area contributed by atoms with E-state index in [9.17, 15) is 0 Å². The zero-order chi connectivity index (χ0) is 22.0. The zero-order valence-electron chi connectivity index (χ0n) is 19.9. The van der Waals surface area contributed by atoms with Crippen LogP contribution in [-0.2, 0) is 6.54 Å². The fourth-order valence-electron chi connectivity index (χ4n) is 4.64. The lowest BCUT2D eigenvalue weighted by Gasteiger charge is -2.34. The van der Waals surface area contributed by atoms with Gasteiger partial charge in [0.1, 0.15) is 5.82 Å². The summed E-state index contributed by atoms with van der Waals surface area (Å²) in [6.07, 6.45) is 9.38. The number of hydrogen-bond donors (Lipinski definition) is 2. The molecule has 33 heavy (non-hydrogen) atoms. The van der Waals surface area contributed by atoms with Crippen molar-refractivity contribution in [1.82, 2.24) is 15.6 Å². The van der Waals surface area contributed by atoms with Gasteiger partial charge in [-0.15, -0.1) is 24.0 Å². The number of benzene rings is 1. The summed E-state index contributed by atoms with van der Waals surface area (Å²) in [4.78, 5) is 14.4. The van der Waals surface area contributed by atoms with E-state index in [4.69, 9.17) is 4.99 Å². The maximum absolute atomic E-state index is 4.89. The van der Waals surface area contributed by atoms with Crippen LogP contribution < -0.4 is 20.4 Å². The summed E-state index contributed by atoms with van der Waals surface area (Å²) < 4.78 is 0. The van der Waals surface area contributed by atoms with Crippen LogP contribution in [-0.4, -0.2) is 49.7 Å². The number of aliphatic imine (C=N–C) groups is 1. The third-order valence-electron chi connectivity index (χ3n) is 6.46. The van der Waals surface area contributed by atoms with E-state index >= 15 is 0 Å². The molecule has 2 aliphatic rings. The van der Waals surface area contributed by atoms with Crippen molar-refractivity contribution in [2.45, 2.75) is 58.0 Å². The van der Waals surface area contributed by atoms with Gasteiger partial charge in [-0.3, -0.25) is 0 Å². The Morgan fingerprint density at radius 2 is 1.70 bits per heavy atom. The van der Waals surface area contributed by atoms with E-state index in [2.05, 4.69) is 74.8 Å². The Morgan fingerprint density at radius 3 is 2.39 bits per heavy atom. The minimum absolute atomic E-state index is 0. The topological polar surface area (TPSA) is 55.8 Å². The number of nitrogens with zero attached hydrogens (tertiary/aromatic N) is 4. The fourth-order valence-corrected chi connectivity index (χ4v) is 4.64. The molecule has 0 atom stereocenters. The van der Waals surface area contributed by atoms with Crippen LogP contribution >= 0.6 is 24.0 Å². The number of nitrogens with one attached hydrogen (secondary N) is 2. The highest BCUT2D eigenvalue weighted by atomic mass is 127. The molecule has 1 aromatic carbocycles. The SMILES string of the molecule is CCNC(=NCc1ccnc(N2CCCCCC2)c1)NC1CCN(c2ccccc2)CC1.I. The first kappa shape index (κ1) is 25.6. The number of rotatable bonds is 6. The minimum atomic E-state index is 0. The monoisotopic (exact) mass is 562 g/mol. The first-order valence-electron chi connectivity index (χ1n) is 12.4. The molecular formula is C26H39IN6. The third kappa shape index (κ3) is 7.76. The van der Waals surface area contributed by atoms with Gasteiger partial charge in [0.2, 0.25) is 0 Å². The van der Waals surface area contributed by atoms with E-state index in [1.807, 2.05) is 6.20 Å². The van der Waals surface area contributed by atoms with Gasteiger partial charge in [-0.05, 0) is 62.4 Å². The van der Waals surface area contributed by atoms with Crippen molar-refractivity contribution in [2.75, 3.05) is 42.5 Å². The maximum atomic E-state index is 4.89. The molecule has 2 fully saturated rings. The Balaban J connectivity index is 0.00000306. The summed E-state index contributed by atoms with van der Waals surface area (Å²) >= 11 is 0. The van der Waals surface area contributed by atoms with Crippen molar-refractivity contribution in [3.8, 4) is 0 Å². The van der Waals surface area contributed by atoms with Gasteiger partial charge < -0.3 is 20.4 Å². The van der Waals surface area contributed by atoms with E-state index in [0.717, 1.165) is 57.3 Å². The Morgan fingerprint density at radius 1 is 0.970 bits per heavy atom. The highest BCUT2D eigenvalue weighted by molar-refractivity contribution is 14.0. The first-order valence-corrected chi connectivity index (χ1v) is 12.4. The highest BCUT2D eigenvalue weighted by Gasteiger charge is 2.20. The molecule has 2 N–H and O–H groups in total. The standard InChI is InChI=1S/C26H38N6.HI/c1-2-27-26(30-23-13-18-31(19-14-23)24-10-6-5-7-11-24)29-21-22-12-15-28-25(20-22)32-16-8-3-4-9-17-32;/h5-7,10-12,15,20,23H,2-4,8-9,13-14,16-19,21H2,1H3,(H2,27,29,30);1H. The average Bonchev–Trinajstić information content (AvgIpc) is 3.14. The van der Waals surface area contributed by atoms with Gasteiger partial charge in [0, 0.05) is 50.6 Å². The van der Waals surface area contributed by atoms with Crippen molar-refractivity contribution in [3.63, 3.8) is 0 Å². The van der Waals surface area contributed by atoms with Crippen LogP contribution in [0.3, 0.4) is 0 Å². The number of anilines is 2. The van der Waals surface area contributed by atoms with Crippen LogP contribution in [0.15, 0.2) is 53.7 Å². The van der Waals surface area contributed by atoms with Gasteiger partial charge >= 0.3 is 0 Å². The molecule has 3 heterocycles. The van der Waals surface area contributed by atoms with E-state index in [1.54, 1.807) is 0 Å². The van der Waals surface area contributed by atoms with Gasteiger partial charge in [0.05, 0.1) is 6.54 Å². The van der Waals surface area contributed by atoms with Gasteiger partial charge in [-0.2, -0.15) is 0 Å². The van der Waals surface area contributed by atoms with E-state index in [1.165, 1.54) is 36.9 Å². The summed E-state index contributed by atoms with van der Waals surface area (Å²) in [5.74, 6) is 2.02. The van der Waals surface area contributed by atoms with Gasteiger partial charge in [0.15, 0.2) is 5.96 Å². The molecule has 0 unspecified atom stereocenters. The predicted molar refractivity (Wildman–Crippen MR) is 150 cm³/mol. The van der Waals surface area contributed by atoms with Crippen LogP contribution in [0, 0.1) is 0 Å². The Hall–Kier alpha value is -2.03. The molecule has 4 rings (SSSR count). The molecule has 2 aromatic rings. The molecule has 0 bridgehead atoms. The number of pyridine rings is 1. The normalized spacial score (nSPS) is 17.8. The molecule has 6 nitrogen and oxygen atoms in total. The number of halogens is 1. The van der Waals surface area contributed by atoms with Crippen LogP contribution in [0.1, 0.15) is 51.0 Å². The summed E-state index contributed by atoms with van der Waals surface area (Å²) in [5, 5.41) is 7.10. The first-order chi connectivity index (χ1) is 15.8. The van der Waals surface area contributed by atoms with Crippen LogP contribution in [0.2, 0.25) is 0 Å². The second-order valence-electron chi connectivity index (χ2n) is 8.86. The molecule has 1 aromatic heterocycles. The van der Waals surface area contributed by atoms with E-state index in [-0.39, 0.29) is 24.0 Å². The Bertz CT molecular complexity index is 843. The second-order valence-corrected chi connectivity index (χ2v) is 8.86. The minimum Gasteiger partial charge on any atom is -0.371 e. The van der Waals surface area contributed by atoms with Crippen LogP contribution in [0.5, 0.6) is 0 Å². The van der Waals surface area contributed by atoms with Gasteiger partial charge in [-0.1, -0.05) is 31.0 Å². The average molecular weight is 563 g/mol. The third-order valence-corrected chi connectivity index (χ3v) is 6.46. The lowest BCUT2D eigenvalue weighted by molar-refractivity contribution is 0.461. The molecule has 2 aliphatic heterocycles. The predicted octanol–water partition coefficient (Wildman–Crippen LogP) is 4.80. The largest absolute Gasteiger partial charge is 0.371 e. The van der Waals surface area contributed by atoms with E-state index in [0.29, 0.717) is 12.6 Å². The number of piperidine rings is 1. The summed E-state index contributed by atoms with van der Waals surface area (Å²) in [5.41, 5.74) is 2.54. The van der Waals surface area contributed by atoms with Crippen LogP contribution in [0.25, 0.3) is 0 Å². The van der Waals surface area contributed by atoms with Crippen molar-refractivity contribution < 1.29 is 0 Å². The quantitative estimate of drug-likeness (QED) is 0.301. The molecule has 180 valence electrons. The molecule has 0 saturated carbocycles. The van der Waals surface area contributed by atoms with Crippen molar-refractivity contribution >= 4 is 41.4 Å². The maximum Gasteiger partial charge on any atom is 0.191 e. The van der Waals surface area contributed by atoms with Crippen molar-refractivity contribution in [2.24, 2.45) is 4.99 Å². The molecule has 0 radical (unpaired) electrons. The summed E-state index contributed by atoms with van der Waals surface area (Å²) in [6, 6.07) is 15.5. The highest BCUT2D eigenvalue weighted by Crippen LogP contribution is 2.20. The number of para-hydroxylation sites is 1. The van der Waals surface area contributed by atoms with Gasteiger partial charge in [-0.25, -0.2) is 9.98 Å². The number of guanidine groups is 1. The number of hydrogen-bond acceptors (Lipinski definition) is 4. The molecular weight excluding hydrogens is 523 g/mol. The lowest BCUT2D eigenvalue weighted by Crippen LogP contribution is -2.48. The molecule has 0 spiro atoms. The van der Waals surface area contributed by atoms with E-state index < -0.39 is 0 Å². The summed E-state index contributed by atoms with van der Waals surface area (Å²) in [7, 11) is 0. The summed E-state index contributed by atoms with van der Waals surface area (Å²) in [6.45, 7) is 8.04. The molecule has 7 heteroatoms. The Labute approximate surface area is 216 Å². The van der Waals surface area contributed by atoms with Crippen molar-refractivity contribution in [1.29, 1.82) is 0 Å². The van der Waals surface area contributed by atoms with Crippen molar-refractivity contribution in [3.05, 3.63) is 54.2 Å². The Kier molecular flexibility index (Phi) is 10.6. The molecule has 0 aliphatic carbocycles. The zero-order valence-corrected chi connectivity index (χ0v) is 22.2. The van der Waals surface area contributed by atoms with Crippen LogP contribution in [0.4, 0.5) is 11.5 Å².